The van der Waals surface area contributed by atoms with Crippen molar-refractivity contribution in [1.29, 1.82) is 0 Å². The Bertz CT molecular complexity index is 506. The van der Waals surface area contributed by atoms with Crippen LogP contribution in [0.1, 0.15) is 26.3 Å². The zero-order chi connectivity index (χ0) is 17.2. The van der Waals surface area contributed by atoms with Crippen molar-refractivity contribution in [2.24, 2.45) is 11.7 Å². The first-order valence-corrected chi connectivity index (χ1v) is 7.84. The monoisotopic (exact) mass is 358 g/mol. The average molecular weight is 359 g/mol. The molecule has 1 aromatic rings. The summed E-state index contributed by atoms with van der Waals surface area (Å²) in [6.07, 6.45) is 0.718. The van der Waals surface area contributed by atoms with Gasteiger partial charge in [-0.05, 0) is 38.0 Å². The predicted molar refractivity (Wildman–Crippen MR) is 95.3 cm³/mol. The number of carbonyl (C=O) groups excluding carboxylic acids is 2. The smallest absolute Gasteiger partial charge is 0.344 e. The van der Waals surface area contributed by atoms with E-state index in [0.29, 0.717) is 18.9 Å². The first-order valence-electron chi connectivity index (χ1n) is 7.84. The molecule has 6 nitrogen and oxygen atoms in total. The van der Waals surface area contributed by atoms with Crippen molar-refractivity contribution in [3.05, 3.63) is 29.8 Å². The van der Waals surface area contributed by atoms with Gasteiger partial charge in [-0.3, -0.25) is 4.79 Å². The topological polar surface area (TPSA) is 90.6 Å². The minimum Gasteiger partial charge on any atom is -0.482 e. The van der Waals surface area contributed by atoms with E-state index in [1.54, 1.807) is 19.1 Å². The number of hydrogen-bond donors (Lipinski definition) is 2. The summed E-state index contributed by atoms with van der Waals surface area (Å²) in [6, 6.07) is 7.23. The highest BCUT2D eigenvalue weighted by molar-refractivity contribution is 5.85. The Labute approximate surface area is 149 Å². The lowest BCUT2D eigenvalue weighted by molar-refractivity contribution is -0.145. The van der Waals surface area contributed by atoms with Crippen LogP contribution in [0.2, 0.25) is 0 Å². The number of halogens is 1. The van der Waals surface area contributed by atoms with Gasteiger partial charge in [0, 0.05) is 18.5 Å². The van der Waals surface area contributed by atoms with Crippen LogP contribution < -0.4 is 15.8 Å². The zero-order valence-corrected chi connectivity index (χ0v) is 15.2. The number of nitrogens with one attached hydrogen (secondary N) is 1. The van der Waals surface area contributed by atoms with Crippen molar-refractivity contribution in [2.45, 2.75) is 33.2 Å². The van der Waals surface area contributed by atoms with E-state index in [1.165, 1.54) is 0 Å². The number of rotatable bonds is 9. The number of ether oxygens (including phenoxy) is 2. The lowest BCUT2D eigenvalue weighted by atomic mass is 10.0. The maximum absolute atomic E-state index is 11.8. The van der Waals surface area contributed by atoms with E-state index in [4.69, 9.17) is 15.2 Å². The molecule has 0 spiro atoms. The second kappa shape index (κ2) is 11.7. The molecular weight excluding hydrogens is 332 g/mol. The Balaban J connectivity index is 0.00000529. The van der Waals surface area contributed by atoms with Crippen LogP contribution in [-0.2, 0) is 20.7 Å². The highest BCUT2D eigenvalue weighted by Crippen LogP contribution is 2.12. The molecule has 24 heavy (non-hydrogen) atoms. The van der Waals surface area contributed by atoms with E-state index in [0.717, 1.165) is 12.0 Å². The lowest BCUT2D eigenvalue weighted by Gasteiger charge is -2.15. The first kappa shape index (κ1) is 22.2. The molecule has 1 rings (SSSR count). The van der Waals surface area contributed by atoms with Gasteiger partial charge in [-0.15, -0.1) is 12.4 Å². The third-order valence-corrected chi connectivity index (χ3v) is 3.50. The van der Waals surface area contributed by atoms with Gasteiger partial charge in [0.05, 0.1) is 6.61 Å². The van der Waals surface area contributed by atoms with Gasteiger partial charge in [0.25, 0.3) is 0 Å². The molecule has 0 aliphatic rings. The van der Waals surface area contributed by atoms with Crippen molar-refractivity contribution >= 4 is 24.3 Å². The normalized spacial score (nSPS) is 12.5. The van der Waals surface area contributed by atoms with E-state index in [1.807, 2.05) is 26.0 Å². The van der Waals surface area contributed by atoms with E-state index < -0.39 is 0 Å². The number of hydrogen-bond acceptors (Lipinski definition) is 5. The van der Waals surface area contributed by atoms with Gasteiger partial charge in [-0.2, -0.15) is 0 Å². The number of carbonyl (C=O) groups is 2. The maximum atomic E-state index is 11.8. The zero-order valence-electron chi connectivity index (χ0n) is 14.4. The van der Waals surface area contributed by atoms with Gasteiger partial charge >= 0.3 is 5.97 Å². The van der Waals surface area contributed by atoms with E-state index in [-0.39, 0.29) is 42.9 Å². The molecule has 0 bridgehead atoms. The number of amides is 1. The predicted octanol–water partition coefficient (Wildman–Crippen LogP) is 1.69. The fraction of sp³-hybridized carbons (Fsp3) is 0.529. The van der Waals surface area contributed by atoms with Gasteiger partial charge in [0.15, 0.2) is 6.61 Å². The highest BCUT2D eigenvalue weighted by Gasteiger charge is 2.16. The largest absolute Gasteiger partial charge is 0.482 e. The molecule has 2 atom stereocenters. The van der Waals surface area contributed by atoms with Crippen molar-refractivity contribution in [1.82, 2.24) is 5.32 Å². The summed E-state index contributed by atoms with van der Waals surface area (Å²) in [5.74, 6) is -0.0120. The standard InChI is InChI=1S/C17H26N2O4.ClH/c1-4-22-16(20)11-23-15-7-5-14(6-8-15)9-10-19-17(21)12(2)13(3)18;/h5-8,12-13H,4,9-11,18H2,1-3H3,(H,19,21);1H. The van der Waals surface area contributed by atoms with Crippen LogP contribution in [0.25, 0.3) is 0 Å². The van der Waals surface area contributed by atoms with Crippen molar-refractivity contribution < 1.29 is 19.1 Å². The Morgan fingerprint density at radius 1 is 1.21 bits per heavy atom. The number of nitrogens with two attached hydrogens (primary N) is 1. The summed E-state index contributed by atoms with van der Waals surface area (Å²) < 4.78 is 10.1. The molecule has 7 heteroatoms. The second-order valence-electron chi connectivity index (χ2n) is 5.43. The average Bonchev–Trinajstić information content (AvgIpc) is 2.53. The molecule has 1 aromatic carbocycles. The van der Waals surface area contributed by atoms with Crippen LogP contribution in [-0.4, -0.2) is 37.7 Å². The number of benzene rings is 1. The molecule has 1 amide bonds. The summed E-state index contributed by atoms with van der Waals surface area (Å²) in [5.41, 5.74) is 6.77. The Morgan fingerprint density at radius 3 is 2.38 bits per heavy atom. The maximum Gasteiger partial charge on any atom is 0.344 e. The summed E-state index contributed by atoms with van der Waals surface area (Å²) in [6.45, 7) is 6.18. The Hall–Kier alpha value is -1.79. The minimum atomic E-state index is -0.387. The molecule has 0 saturated carbocycles. The molecule has 2 unspecified atom stereocenters. The van der Waals surface area contributed by atoms with E-state index in [9.17, 15) is 9.59 Å². The Kier molecular flexibility index (Phi) is 10.8. The van der Waals surface area contributed by atoms with Gasteiger partial charge in [-0.25, -0.2) is 4.79 Å². The van der Waals surface area contributed by atoms with Gasteiger partial charge in [-0.1, -0.05) is 19.1 Å². The minimum absolute atomic E-state index is 0. The molecule has 136 valence electrons. The fourth-order valence-electron chi connectivity index (χ4n) is 1.83. The van der Waals surface area contributed by atoms with Crippen molar-refractivity contribution in [2.75, 3.05) is 19.8 Å². The number of esters is 1. The summed E-state index contributed by atoms with van der Waals surface area (Å²) in [5, 5.41) is 2.87. The molecule has 0 saturated heterocycles. The molecule has 0 aliphatic carbocycles. The summed E-state index contributed by atoms with van der Waals surface area (Å²) in [4.78, 5) is 23.0. The van der Waals surface area contributed by atoms with Crippen LogP contribution in [0.3, 0.4) is 0 Å². The summed E-state index contributed by atoms with van der Waals surface area (Å²) in [7, 11) is 0. The third-order valence-electron chi connectivity index (χ3n) is 3.50. The van der Waals surface area contributed by atoms with Crippen molar-refractivity contribution in [3.8, 4) is 5.75 Å². The second-order valence-corrected chi connectivity index (χ2v) is 5.43. The van der Waals surface area contributed by atoms with Crippen LogP contribution >= 0.6 is 12.4 Å². The molecule has 0 fully saturated rings. The highest BCUT2D eigenvalue weighted by atomic mass is 35.5. The van der Waals surface area contributed by atoms with E-state index >= 15 is 0 Å². The van der Waals surface area contributed by atoms with E-state index in [2.05, 4.69) is 5.32 Å². The quantitative estimate of drug-likeness (QED) is 0.655. The molecule has 3 N–H and O–H groups in total. The van der Waals surface area contributed by atoms with Gasteiger partial charge in [0.1, 0.15) is 5.75 Å². The van der Waals surface area contributed by atoms with Gasteiger partial charge < -0.3 is 20.5 Å². The van der Waals surface area contributed by atoms with Crippen LogP contribution in [0.5, 0.6) is 5.75 Å². The van der Waals surface area contributed by atoms with Gasteiger partial charge in [0.2, 0.25) is 5.91 Å². The summed E-state index contributed by atoms with van der Waals surface area (Å²) >= 11 is 0. The SMILES string of the molecule is CCOC(=O)COc1ccc(CCNC(=O)C(C)C(C)N)cc1.Cl. The lowest BCUT2D eigenvalue weighted by Crippen LogP contribution is -2.39. The van der Waals surface area contributed by atoms with Crippen LogP contribution in [0.4, 0.5) is 0 Å². The molecule has 0 aromatic heterocycles. The Morgan fingerprint density at radius 2 is 1.83 bits per heavy atom. The fourth-order valence-corrected chi connectivity index (χ4v) is 1.83. The first-order chi connectivity index (χ1) is 10.9. The van der Waals surface area contributed by atoms with Crippen LogP contribution in [0.15, 0.2) is 24.3 Å². The third kappa shape index (κ3) is 8.17. The molecule has 0 aliphatic heterocycles. The van der Waals surface area contributed by atoms with Crippen molar-refractivity contribution in [3.63, 3.8) is 0 Å². The molecule has 0 radical (unpaired) electrons. The molecule has 0 heterocycles. The van der Waals surface area contributed by atoms with Crippen LogP contribution in [0, 0.1) is 5.92 Å². The molecular formula is C17H27ClN2O4.